The van der Waals surface area contributed by atoms with E-state index in [2.05, 4.69) is 58.9 Å². The molecule has 0 spiro atoms. The van der Waals surface area contributed by atoms with Gasteiger partial charge in [0.1, 0.15) is 5.75 Å². The first-order valence-corrected chi connectivity index (χ1v) is 18.9. The van der Waals surface area contributed by atoms with Gasteiger partial charge in [0.25, 0.3) is 0 Å². The highest BCUT2D eigenvalue weighted by Crippen LogP contribution is 2.34. The van der Waals surface area contributed by atoms with Crippen molar-refractivity contribution in [2.45, 2.75) is 116 Å². The van der Waals surface area contributed by atoms with Crippen LogP contribution in [0.4, 0.5) is 0 Å². The maximum Gasteiger partial charge on any atom is 0.167 e. The van der Waals surface area contributed by atoms with E-state index in [1.807, 2.05) is 24.3 Å². The molecule has 0 radical (unpaired) electrons. The Balaban J connectivity index is 1.31. The predicted octanol–water partition coefficient (Wildman–Crippen LogP) is 10.6. The zero-order valence-corrected chi connectivity index (χ0v) is 30.5. The smallest absolute Gasteiger partial charge is 0.167 e. The molecule has 1 unspecified atom stereocenters. The molecular weight excluding hydrogens is 615 g/mol. The molecule has 0 saturated carbocycles. The van der Waals surface area contributed by atoms with Crippen molar-refractivity contribution >= 4 is 11.8 Å². The second kappa shape index (κ2) is 19.7. The molecule has 4 rings (SSSR count). The van der Waals surface area contributed by atoms with E-state index in [1.165, 1.54) is 87.1 Å². The molecule has 1 atom stereocenters. The number of nitrogens with zero attached hydrogens (tertiary/aromatic N) is 3. The lowest BCUT2D eigenvalue weighted by Gasteiger charge is -2.13. The number of thioether (sulfide) groups is 1. The number of unbranched alkanes of at least 4 members (excludes halogenated alkanes) is 10. The summed E-state index contributed by atoms with van der Waals surface area (Å²) in [4.78, 5) is 15.4. The number of hydrogen-bond acceptors (Lipinski definition) is 7. The van der Waals surface area contributed by atoms with Crippen LogP contribution in [0.25, 0.3) is 34.2 Å². The van der Waals surface area contributed by atoms with Gasteiger partial charge in [0.05, 0.1) is 18.3 Å². The Bertz CT molecular complexity index is 1520. The minimum Gasteiger partial charge on any atom is -0.507 e. The van der Waals surface area contributed by atoms with Gasteiger partial charge in [0.2, 0.25) is 0 Å². The molecule has 4 aromatic rings. The Morgan fingerprint density at radius 1 is 0.625 bits per heavy atom. The Labute approximate surface area is 292 Å². The van der Waals surface area contributed by atoms with Crippen molar-refractivity contribution in [1.82, 2.24) is 15.0 Å². The van der Waals surface area contributed by atoms with Crippen molar-refractivity contribution in [1.29, 1.82) is 0 Å². The SMILES string of the molecule is CCCCCCCCCCCCCOCC(O)CSc1ccc(-c2nc(-c3ccc(C)cc3C)nc(-c3ccc(C)cc3C)n2)c(O)c1. The molecule has 0 saturated heterocycles. The maximum atomic E-state index is 11.1. The minimum absolute atomic E-state index is 0.0894. The first-order chi connectivity index (χ1) is 23.2. The standard InChI is InChI=1S/C41H55N3O3S/c1-6-7-8-9-10-11-12-13-14-15-16-23-47-27-33(45)28-48-34-19-22-37(38(46)26-34)41-43-39(35-20-17-29(2)24-31(35)4)42-40(44-41)36-21-18-30(3)25-32(36)5/h17-22,24-26,33,45-46H,6-16,23,27-28H2,1-5H3. The lowest BCUT2D eigenvalue weighted by molar-refractivity contribution is 0.0467. The number of aromatic nitrogens is 3. The van der Waals surface area contributed by atoms with E-state index in [-0.39, 0.29) is 5.75 Å². The van der Waals surface area contributed by atoms with Gasteiger partial charge in [-0.1, -0.05) is 119 Å². The van der Waals surface area contributed by atoms with Gasteiger partial charge in [-0.15, -0.1) is 11.8 Å². The zero-order valence-electron chi connectivity index (χ0n) is 29.7. The molecule has 0 aliphatic rings. The van der Waals surface area contributed by atoms with Gasteiger partial charge in [0.15, 0.2) is 17.5 Å². The Hall–Kier alpha value is -3.26. The van der Waals surface area contributed by atoms with Gasteiger partial charge in [-0.25, -0.2) is 15.0 Å². The fourth-order valence-corrected chi connectivity index (χ4v) is 6.83. The normalized spacial score (nSPS) is 12.0. The van der Waals surface area contributed by atoms with Crippen LogP contribution in [0.1, 0.15) is 99.8 Å². The topological polar surface area (TPSA) is 88.4 Å². The number of ether oxygens (including phenoxy) is 1. The molecule has 0 amide bonds. The van der Waals surface area contributed by atoms with Gasteiger partial charge in [-0.3, -0.25) is 0 Å². The van der Waals surface area contributed by atoms with Gasteiger partial charge >= 0.3 is 0 Å². The third-order valence-electron chi connectivity index (χ3n) is 8.74. The Morgan fingerprint density at radius 3 is 1.60 bits per heavy atom. The zero-order chi connectivity index (χ0) is 34.3. The monoisotopic (exact) mass is 669 g/mol. The maximum absolute atomic E-state index is 11.1. The summed E-state index contributed by atoms with van der Waals surface area (Å²) in [6.45, 7) is 11.5. The van der Waals surface area contributed by atoms with Gasteiger partial charge in [-0.2, -0.15) is 0 Å². The summed E-state index contributed by atoms with van der Waals surface area (Å²) in [6, 6.07) is 18.0. The highest BCUT2D eigenvalue weighted by molar-refractivity contribution is 7.99. The van der Waals surface area contributed by atoms with E-state index in [1.54, 1.807) is 6.07 Å². The summed E-state index contributed by atoms with van der Waals surface area (Å²) in [5.41, 5.74) is 6.91. The van der Waals surface area contributed by atoms with Crippen LogP contribution >= 0.6 is 11.8 Å². The molecule has 0 bridgehead atoms. The lowest BCUT2D eigenvalue weighted by atomic mass is 10.0. The van der Waals surface area contributed by atoms with Crippen molar-refractivity contribution in [3.8, 4) is 39.9 Å². The molecule has 2 N–H and O–H groups in total. The van der Waals surface area contributed by atoms with Crippen LogP contribution in [0.15, 0.2) is 59.5 Å². The molecule has 258 valence electrons. The summed E-state index contributed by atoms with van der Waals surface area (Å²) < 4.78 is 5.76. The third kappa shape index (κ3) is 11.7. The van der Waals surface area contributed by atoms with E-state index < -0.39 is 6.10 Å². The third-order valence-corrected chi connectivity index (χ3v) is 9.87. The summed E-state index contributed by atoms with van der Waals surface area (Å²) in [5.74, 6) is 2.13. The number of phenols is 1. The van der Waals surface area contributed by atoms with E-state index in [9.17, 15) is 10.2 Å². The number of aliphatic hydroxyl groups excluding tert-OH is 1. The number of hydrogen-bond donors (Lipinski definition) is 2. The van der Waals surface area contributed by atoms with Crippen LogP contribution in [-0.2, 0) is 4.74 Å². The largest absolute Gasteiger partial charge is 0.507 e. The summed E-state index contributed by atoms with van der Waals surface area (Å²) in [6.07, 6.45) is 13.8. The summed E-state index contributed by atoms with van der Waals surface area (Å²) in [7, 11) is 0. The molecule has 3 aromatic carbocycles. The van der Waals surface area contributed by atoms with Gasteiger partial charge in [-0.05, 0) is 63.4 Å². The van der Waals surface area contributed by atoms with Crippen LogP contribution in [0.3, 0.4) is 0 Å². The molecule has 0 fully saturated rings. The average Bonchev–Trinajstić information content (AvgIpc) is 3.05. The van der Waals surface area contributed by atoms with Gasteiger partial charge < -0.3 is 14.9 Å². The van der Waals surface area contributed by atoms with E-state index in [0.29, 0.717) is 42.0 Å². The second-order valence-electron chi connectivity index (χ2n) is 13.2. The first-order valence-electron chi connectivity index (χ1n) is 17.9. The van der Waals surface area contributed by atoms with Crippen LogP contribution in [0.5, 0.6) is 5.75 Å². The van der Waals surface area contributed by atoms with Crippen molar-refractivity contribution in [3.63, 3.8) is 0 Å². The number of aryl methyl sites for hydroxylation is 4. The molecular formula is C41H55N3O3S. The fraction of sp³-hybridized carbons (Fsp3) is 0.488. The number of rotatable bonds is 20. The van der Waals surface area contributed by atoms with Crippen LogP contribution in [0, 0.1) is 27.7 Å². The van der Waals surface area contributed by atoms with Crippen LogP contribution in [0.2, 0.25) is 0 Å². The number of benzene rings is 3. The van der Waals surface area contributed by atoms with Crippen molar-refractivity contribution < 1.29 is 14.9 Å². The Kier molecular flexibility index (Phi) is 15.4. The Morgan fingerprint density at radius 2 is 1.10 bits per heavy atom. The lowest BCUT2D eigenvalue weighted by Crippen LogP contribution is -2.18. The van der Waals surface area contributed by atoms with Crippen LogP contribution in [-0.4, -0.2) is 50.2 Å². The molecule has 1 heterocycles. The van der Waals surface area contributed by atoms with Crippen molar-refractivity contribution in [2.75, 3.05) is 19.0 Å². The number of phenolic OH excluding ortho intramolecular Hbond substituents is 1. The molecule has 48 heavy (non-hydrogen) atoms. The van der Waals surface area contributed by atoms with Crippen molar-refractivity contribution in [2.24, 2.45) is 0 Å². The number of aromatic hydroxyl groups is 1. The summed E-state index contributed by atoms with van der Waals surface area (Å²) in [5, 5.41) is 21.7. The highest BCUT2D eigenvalue weighted by atomic mass is 32.2. The minimum atomic E-state index is -0.575. The molecule has 6 nitrogen and oxygen atoms in total. The highest BCUT2D eigenvalue weighted by Gasteiger charge is 2.17. The quantitative estimate of drug-likeness (QED) is 0.0715. The molecule has 7 heteroatoms. The molecule has 0 aliphatic heterocycles. The van der Waals surface area contributed by atoms with Crippen LogP contribution < -0.4 is 0 Å². The van der Waals surface area contributed by atoms with E-state index in [0.717, 1.165) is 33.6 Å². The molecule has 1 aromatic heterocycles. The number of aliphatic hydroxyl groups is 1. The fourth-order valence-electron chi connectivity index (χ4n) is 5.98. The first kappa shape index (κ1) is 37.6. The van der Waals surface area contributed by atoms with E-state index in [4.69, 9.17) is 19.7 Å². The second-order valence-corrected chi connectivity index (χ2v) is 14.3. The predicted molar refractivity (Wildman–Crippen MR) is 201 cm³/mol. The van der Waals surface area contributed by atoms with Gasteiger partial charge in [0, 0.05) is 28.4 Å². The molecule has 0 aliphatic carbocycles. The average molecular weight is 670 g/mol. The summed E-state index contributed by atoms with van der Waals surface area (Å²) >= 11 is 1.50. The van der Waals surface area contributed by atoms with E-state index >= 15 is 0 Å². The van der Waals surface area contributed by atoms with Crippen molar-refractivity contribution in [3.05, 3.63) is 76.9 Å².